The van der Waals surface area contributed by atoms with Gasteiger partial charge in [0.25, 0.3) is 0 Å². The third-order valence-electron chi connectivity index (χ3n) is 4.18. The van der Waals surface area contributed by atoms with E-state index in [-0.39, 0.29) is 25.2 Å². The van der Waals surface area contributed by atoms with Crippen LogP contribution >= 0.6 is 11.6 Å². The molecule has 1 aromatic carbocycles. The molecule has 1 atom stereocenters. The second-order valence-corrected chi connectivity index (χ2v) is 7.97. The molecule has 0 spiro atoms. The van der Waals surface area contributed by atoms with E-state index < -0.39 is 35.1 Å². The number of carbonyl (C=O) groups excluding carboxylic acids is 4. The van der Waals surface area contributed by atoms with Gasteiger partial charge in [-0.1, -0.05) is 11.6 Å². The predicted molar refractivity (Wildman–Crippen MR) is 107 cm³/mol. The Bertz CT molecular complexity index is 865. The number of ketones is 1. The molecule has 1 aliphatic rings. The summed E-state index contributed by atoms with van der Waals surface area (Å²) in [7, 11) is 0. The minimum absolute atomic E-state index is 0.00567. The monoisotopic (exact) mass is 440 g/mol. The van der Waals surface area contributed by atoms with Crippen LogP contribution in [-0.4, -0.2) is 53.3 Å². The maximum atomic E-state index is 13.5. The average Bonchev–Trinajstić information content (AvgIpc) is 2.91. The molecule has 0 aliphatic heterocycles. The number of nitrogens with one attached hydrogen (secondary N) is 1. The predicted octanol–water partition coefficient (Wildman–Crippen LogP) is 3.28. The Balaban J connectivity index is 2.64. The number of hydrazine groups is 1. The summed E-state index contributed by atoms with van der Waals surface area (Å²) in [5, 5.41) is 0.904. The van der Waals surface area contributed by atoms with E-state index in [1.807, 2.05) is 0 Å². The van der Waals surface area contributed by atoms with Gasteiger partial charge in [0.05, 0.1) is 13.2 Å². The lowest BCUT2D eigenvalue weighted by Gasteiger charge is -2.37. The number of ether oxygens (including phenoxy) is 3. The second kappa shape index (κ2) is 8.91. The van der Waals surface area contributed by atoms with E-state index in [9.17, 15) is 19.2 Å². The van der Waals surface area contributed by atoms with E-state index in [1.165, 1.54) is 18.2 Å². The van der Waals surface area contributed by atoms with Gasteiger partial charge in [-0.25, -0.2) is 19.8 Å². The molecule has 164 valence electrons. The molecule has 0 heterocycles. The molecule has 0 saturated heterocycles. The van der Waals surface area contributed by atoms with E-state index in [1.54, 1.807) is 34.6 Å². The number of hydrogen-bond donors (Lipinski definition) is 1. The Kier molecular flexibility index (Phi) is 6.97. The third kappa shape index (κ3) is 4.67. The van der Waals surface area contributed by atoms with E-state index in [0.29, 0.717) is 15.6 Å². The van der Waals surface area contributed by atoms with Crippen molar-refractivity contribution < 1.29 is 33.4 Å². The summed E-state index contributed by atoms with van der Waals surface area (Å²) in [4.78, 5) is 51.7. The van der Waals surface area contributed by atoms with Gasteiger partial charge in [-0.3, -0.25) is 4.79 Å². The van der Waals surface area contributed by atoms with Gasteiger partial charge in [-0.15, -0.1) is 0 Å². The van der Waals surface area contributed by atoms with Crippen LogP contribution in [0.2, 0.25) is 5.02 Å². The first-order valence-electron chi connectivity index (χ1n) is 9.43. The summed E-state index contributed by atoms with van der Waals surface area (Å²) in [6.45, 7) is 7.92. The number of esters is 1. The van der Waals surface area contributed by atoms with Gasteiger partial charge in [-0.05, 0) is 58.4 Å². The number of Topliss-reactive ketones (excluding diaryl/α,β-unsaturated/α-hetero) is 1. The van der Waals surface area contributed by atoms with Crippen LogP contribution in [0.25, 0.3) is 0 Å². The highest BCUT2D eigenvalue weighted by molar-refractivity contribution is 6.31. The van der Waals surface area contributed by atoms with E-state index in [4.69, 9.17) is 25.8 Å². The highest BCUT2D eigenvalue weighted by Crippen LogP contribution is 2.37. The Morgan fingerprint density at radius 1 is 1.17 bits per heavy atom. The molecule has 0 unspecified atom stereocenters. The smallest absolute Gasteiger partial charge is 0.430 e. The van der Waals surface area contributed by atoms with E-state index >= 15 is 0 Å². The van der Waals surface area contributed by atoms with Crippen molar-refractivity contribution in [2.45, 2.75) is 52.2 Å². The van der Waals surface area contributed by atoms with Gasteiger partial charge in [0.2, 0.25) is 11.3 Å². The number of nitrogens with zero attached hydrogens (tertiary/aromatic N) is 1. The molecule has 9 nitrogen and oxygen atoms in total. The van der Waals surface area contributed by atoms with Gasteiger partial charge in [-0.2, -0.15) is 5.01 Å². The first kappa shape index (κ1) is 23.5. The van der Waals surface area contributed by atoms with Crippen molar-refractivity contribution in [1.29, 1.82) is 0 Å². The lowest BCUT2D eigenvalue weighted by Crippen LogP contribution is -2.68. The van der Waals surface area contributed by atoms with Crippen molar-refractivity contribution in [3.63, 3.8) is 0 Å². The molecule has 0 saturated carbocycles. The maximum absolute atomic E-state index is 13.5. The molecule has 2 rings (SSSR count). The fourth-order valence-corrected chi connectivity index (χ4v) is 3.24. The molecule has 0 radical (unpaired) electrons. The SMILES string of the molecule is CCOC(=O)NN(C(=O)OCC)[C@]1(C(=O)OC(C)(C)C)Cc2cc(Cl)ccc2C1=O. The van der Waals surface area contributed by atoms with Crippen molar-refractivity contribution in [3.05, 3.63) is 34.3 Å². The molecule has 1 N–H and O–H groups in total. The molecule has 1 aromatic rings. The van der Waals surface area contributed by atoms with Gasteiger partial charge in [0.1, 0.15) is 5.60 Å². The van der Waals surface area contributed by atoms with Crippen molar-refractivity contribution >= 4 is 35.5 Å². The van der Waals surface area contributed by atoms with Crippen LogP contribution in [0.1, 0.15) is 50.5 Å². The second-order valence-electron chi connectivity index (χ2n) is 7.54. The van der Waals surface area contributed by atoms with Gasteiger partial charge in [0.15, 0.2) is 0 Å². The molecular weight excluding hydrogens is 416 g/mol. The molecule has 1 aliphatic carbocycles. The minimum atomic E-state index is -2.22. The van der Waals surface area contributed by atoms with Gasteiger partial charge < -0.3 is 14.2 Å². The fraction of sp³-hybridized carbons (Fsp3) is 0.500. The quantitative estimate of drug-likeness (QED) is 0.331. The Morgan fingerprint density at radius 2 is 1.80 bits per heavy atom. The molecule has 0 bridgehead atoms. The van der Waals surface area contributed by atoms with Crippen molar-refractivity contribution in [2.75, 3.05) is 13.2 Å². The van der Waals surface area contributed by atoms with Gasteiger partial charge >= 0.3 is 18.2 Å². The highest BCUT2D eigenvalue weighted by Gasteiger charge is 2.61. The van der Waals surface area contributed by atoms with Gasteiger partial charge in [0, 0.05) is 17.0 Å². The zero-order valence-electron chi connectivity index (χ0n) is 17.5. The number of halogens is 1. The van der Waals surface area contributed by atoms with Crippen LogP contribution in [0.4, 0.5) is 9.59 Å². The highest BCUT2D eigenvalue weighted by atomic mass is 35.5. The van der Waals surface area contributed by atoms with Crippen LogP contribution < -0.4 is 5.43 Å². The first-order chi connectivity index (χ1) is 14.0. The van der Waals surface area contributed by atoms with Crippen molar-refractivity contribution in [1.82, 2.24) is 10.4 Å². The van der Waals surface area contributed by atoms with Crippen molar-refractivity contribution in [2.24, 2.45) is 0 Å². The Morgan fingerprint density at radius 3 is 2.37 bits per heavy atom. The lowest BCUT2D eigenvalue weighted by atomic mass is 9.93. The molecular formula is C20H25ClN2O7. The summed E-state index contributed by atoms with van der Waals surface area (Å²) in [5.41, 5.74) is -0.405. The fourth-order valence-electron chi connectivity index (χ4n) is 3.05. The summed E-state index contributed by atoms with van der Waals surface area (Å²) in [6.07, 6.45) is -2.40. The lowest BCUT2D eigenvalue weighted by molar-refractivity contribution is -0.166. The number of benzene rings is 1. The molecule has 10 heteroatoms. The van der Waals surface area contributed by atoms with Crippen LogP contribution in [-0.2, 0) is 25.4 Å². The number of amides is 2. The normalized spacial score (nSPS) is 17.7. The topological polar surface area (TPSA) is 111 Å². The van der Waals surface area contributed by atoms with Crippen LogP contribution in [0.15, 0.2) is 18.2 Å². The maximum Gasteiger partial charge on any atom is 0.430 e. The van der Waals surface area contributed by atoms with E-state index in [2.05, 4.69) is 5.43 Å². The number of carbonyl (C=O) groups is 4. The number of fused-ring (bicyclic) bond motifs is 1. The Labute approximate surface area is 179 Å². The van der Waals surface area contributed by atoms with Crippen LogP contribution in [0, 0.1) is 0 Å². The standard InChI is InChI=1S/C20H25ClN2O7/c1-6-28-17(26)22-23(18(27)29-7-2)20(16(25)30-19(3,4)5)11-12-10-13(21)8-9-14(12)15(20)24/h8-10H,6-7,11H2,1-5H3,(H,22,26)/t20-/m1/s1. The number of hydrogen-bond acceptors (Lipinski definition) is 7. The molecule has 30 heavy (non-hydrogen) atoms. The minimum Gasteiger partial charge on any atom is -0.458 e. The summed E-state index contributed by atoms with van der Waals surface area (Å²) >= 11 is 6.05. The van der Waals surface area contributed by atoms with Crippen molar-refractivity contribution in [3.8, 4) is 0 Å². The zero-order valence-corrected chi connectivity index (χ0v) is 18.3. The average molecular weight is 441 g/mol. The largest absolute Gasteiger partial charge is 0.458 e. The first-order valence-corrected chi connectivity index (χ1v) is 9.81. The molecule has 0 aromatic heterocycles. The van der Waals surface area contributed by atoms with Crippen LogP contribution in [0.5, 0.6) is 0 Å². The molecule has 2 amide bonds. The Hall–Kier alpha value is -2.81. The summed E-state index contributed by atoms with van der Waals surface area (Å²) < 4.78 is 15.3. The summed E-state index contributed by atoms with van der Waals surface area (Å²) in [5.74, 6) is -1.74. The summed E-state index contributed by atoms with van der Waals surface area (Å²) in [6, 6.07) is 4.48. The third-order valence-corrected chi connectivity index (χ3v) is 4.42. The molecule has 0 fully saturated rings. The number of rotatable bonds is 4. The van der Waals surface area contributed by atoms with E-state index in [0.717, 1.165) is 0 Å². The van der Waals surface area contributed by atoms with Crippen LogP contribution in [0.3, 0.4) is 0 Å². The zero-order chi connectivity index (χ0) is 22.7.